The highest BCUT2D eigenvalue weighted by Crippen LogP contribution is 2.23. The molecule has 0 saturated carbocycles. The smallest absolute Gasteiger partial charge is 0.110 e. The molecular weight excluding hydrogens is 282 g/mol. The summed E-state index contributed by atoms with van der Waals surface area (Å²) in [7, 11) is 0. The first-order chi connectivity index (χ1) is 11.4. The molecule has 0 unspecified atom stereocenters. The van der Waals surface area contributed by atoms with E-state index in [0.717, 1.165) is 37.5 Å². The van der Waals surface area contributed by atoms with E-state index in [1.54, 1.807) is 0 Å². The predicted molar refractivity (Wildman–Crippen MR) is 94.6 cm³/mol. The molecule has 0 atom stereocenters. The Bertz CT molecular complexity index is 770. The summed E-state index contributed by atoms with van der Waals surface area (Å²) in [4.78, 5) is 4.95. The molecule has 1 aliphatic heterocycles. The van der Waals surface area contributed by atoms with Crippen LogP contribution in [0.5, 0.6) is 0 Å². The van der Waals surface area contributed by atoms with Crippen LogP contribution < -0.4 is 5.32 Å². The molecule has 3 aromatic rings. The fraction of sp³-hybridized carbons (Fsp3) is 0.350. The summed E-state index contributed by atoms with van der Waals surface area (Å²) in [6, 6.07) is 19.2. The molecule has 0 bridgehead atoms. The number of para-hydroxylation sites is 2. The molecule has 23 heavy (non-hydrogen) atoms. The molecule has 2 aromatic carbocycles. The van der Waals surface area contributed by atoms with Crippen molar-refractivity contribution in [2.45, 2.75) is 25.8 Å². The molecule has 0 aliphatic carbocycles. The number of nitrogens with one attached hydrogen (secondary N) is 1. The highest BCUT2D eigenvalue weighted by Gasteiger charge is 2.18. The standard InChI is InChI=1S/C20H23N3/c1-2-6-17(7-3-1)15-23-19-9-5-4-8-18(19)22-20(23)14-16-10-12-21-13-11-16/h1-9,16,21H,10-15H2. The van der Waals surface area contributed by atoms with E-state index in [1.165, 1.54) is 29.7 Å². The van der Waals surface area contributed by atoms with Crippen molar-refractivity contribution in [3.63, 3.8) is 0 Å². The summed E-state index contributed by atoms with van der Waals surface area (Å²) >= 11 is 0. The SMILES string of the molecule is c1ccc(Cn2c(CC3CCNCC3)nc3ccccc32)cc1. The summed E-state index contributed by atoms with van der Waals surface area (Å²) in [5.41, 5.74) is 3.70. The Morgan fingerprint density at radius 1 is 0.957 bits per heavy atom. The number of hydrogen-bond donors (Lipinski definition) is 1. The fourth-order valence-electron chi connectivity index (χ4n) is 3.57. The van der Waals surface area contributed by atoms with Crippen molar-refractivity contribution in [3.8, 4) is 0 Å². The first-order valence-electron chi connectivity index (χ1n) is 8.59. The van der Waals surface area contributed by atoms with Crippen LogP contribution in [0.25, 0.3) is 11.0 Å². The molecule has 3 nitrogen and oxygen atoms in total. The Kier molecular flexibility index (Phi) is 4.12. The van der Waals surface area contributed by atoms with Crippen molar-refractivity contribution in [3.05, 3.63) is 66.0 Å². The Balaban J connectivity index is 1.69. The predicted octanol–water partition coefficient (Wildman–Crippen LogP) is 3.63. The summed E-state index contributed by atoms with van der Waals surface area (Å²) in [6.07, 6.45) is 3.60. The zero-order valence-corrected chi connectivity index (χ0v) is 13.4. The maximum Gasteiger partial charge on any atom is 0.110 e. The molecule has 1 aliphatic rings. The van der Waals surface area contributed by atoms with Gasteiger partial charge in [-0.15, -0.1) is 0 Å². The van der Waals surface area contributed by atoms with E-state index in [0.29, 0.717) is 0 Å². The van der Waals surface area contributed by atoms with E-state index >= 15 is 0 Å². The number of hydrogen-bond acceptors (Lipinski definition) is 2. The Morgan fingerprint density at radius 3 is 2.52 bits per heavy atom. The van der Waals surface area contributed by atoms with Crippen LogP contribution >= 0.6 is 0 Å². The van der Waals surface area contributed by atoms with Gasteiger partial charge in [0.05, 0.1) is 11.0 Å². The molecule has 0 radical (unpaired) electrons. The first kappa shape index (κ1) is 14.5. The second kappa shape index (κ2) is 6.55. The number of fused-ring (bicyclic) bond motifs is 1. The monoisotopic (exact) mass is 305 g/mol. The second-order valence-corrected chi connectivity index (χ2v) is 6.49. The van der Waals surface area contributed by atoms with Gasteiger partial charge in [0.1, 0.15) is 5.82 Å². The van der Waals surface area contributed by atoms with Gasteiger partial charge in [-0.05, 0) is 49.5 Å². The molecule has 1 N–H and O–H groups in total. The van der Waals surface area contributed by atoms with Crippen molar-refractivity contribution in [1.29, 1.82) is 0 Å². The third-order valence-electron chi connectivity index (χ3n) is 4.85. The third kappa shape index (κ3) is 3.15. The van der Waals surface area contributed by atoms with Crippen molar-refractivity contribution in [2.75, 3.05) is 13.1 Å². The molecule has 0 amide bonds. The quantitative estimate of drug-likeness (QED) is 0.798. The van der Waals surface area contributed by atoms with E-state index < -0.39 is 0 Å². The average Bonchev–Trinajstić information content (AvgIpc) is 2.94. The van der Waals surface area contributed by atoms with Crippen LogP contribution in [0, 0.1) is 5.92 Å². The van der Waals surface area contributed by atoms with Crippen LogP contribution in [0.15, 0.2) is 54.6 Å². The van der Waals surface area contributed by atoms with Gasteiger partial charge in [0.2, 0.25) is 0 Å². The van der Waals surface area contributed by atoms with Gasteiger partial charge < -0.3 is 9.88 Å². The number of rotatable bonds is 4. The maximum absolute atomic E-state index is 4.95. The average molecular weight is 305 g/mol. The van der Waals surface area contributed by atoms with Crippen molar-refractivity contribution in [2.24, 2.45) is 5.92 Å². The van der Waals surface area contributed by atoms with Gasteiger partial charge in [-0.25, -0.2) is 4.98 Å². The molecule has 2 heterocycles. The maximum atomic E-state index is 4.95. The Labute approximate surface area is 137 Å². The highest BCUT2D eigenvalue weighted by molar-refractivity contribution is 5.76. The fourth-order valence-corrected chi connectivity index (χ4v) is 3.57. The molecule has 1 aromatic heterocycles. The Hall–Kier alpha value is -2.13. The van der Waals surface area contributed by atoms with Gasteiger partial charge in [-0.3, -0.25) is 0 Å². The van der Waals surface area contributed by atoms with Crippen LogP contribution in [-0.4, -0.2) is 22.6 Å². The van der Waals surface area contributed by atoms with Crippen molar-refractivity contribution < 1.29 is 0 Å². The van der Waals surface area contributed by atoms with Gasteiger partial charge >= 0.3 is 0 Å². The van der Waals surface area contributed by atoms with E-state index in [2.05, 4.69) is 64.5 Å². The van der Waals surface area contributed by atoms with Crippen molar-refractivity contribution >= 4 is 11.0 Å². The zero-order valence-electron chi connectivity index (χ0n) is 13.4. The van der Waals surface area contributed by atoms with Crippen LogP contribution in [-0.2, 0) is 13.0 Å². The number of nitrogens with zero attached hydrogens (tertiary/aromatic N) is 2. The van der Waals surface area contributed by atoms with Crippen LogP contribution in [0.1, 0.15) is 24.2 Å². The Morgan fingerprint density at radius 2 is 1.70 bits per heavy atom. The largest absolute Gasteiger partial charge is 0.323 e. The van der Waals surface area contributed by atoms with E-state index in [9.17, 15) is 0 Å². The lowest BCUT2D eigenvalue weighted by Crippen LogP contribution is -2.29. The van der Waals surface area contributed by atoms with Crippen LogP contribution in [0.4, 0.5) is 0 Å². The molecule has 1 saturated heterocycles. The molecule has 3 heteroatoms. The van der Waals surface area contributed by atoms with Gasteiger partial charge in [0.15, 0.2) is 0 Å². The molecule has 118 valence electrons. The third-order valence-corrected chi connectivity index (χ3v) is 4.85. The summed E-state index contributed by atoms with van der Waals surface area (Å²) in [5.74, 6) is 1.99. The van der Waals surface area contributed by atoms with Gasteiger partial charge in [-0.1, -0.05) is 42.5 Å². The minimum atomic E-state index is 0.752. The van der Waals surface area contributed by atoms with Crippen molar-refractivity contribution in [1.82, 2.24) is 14.9 Å². The molecule has 1 fully saturated rings. The highest BCUT2D eigenvalue weighted by atomic mass is 15.1. The van der Waals surface area contributed by atoms with E-state index in [4.69, 9.17) is 4.98 Å². The first-order valence-corrected chi connectivity index (χ1v) is 8.59. The normalized spacial score (nSPS) is 16.0. The van der Waals surface area contributed by atoms with Gasteiger partial charge in [0, 0.05) is 13.0 Å². The minimum Gasteiger partial charge on any atom is -0.323 e. The molecule has 0 spiro atoms. The number of aromatic nitrogens is 2. The minimum absolute atomic E-state index is 0.752. The zero-order chi connectivity index (χ0) is 15.5. The second-order valence-electron chi connectivity index (χ2n) is 6.49. The topological polar surface area (TPSA) is 29.9 Å². The summed E-state index contributed by atoms with van der Waals surface area (Å²) in [6.45, 7) is 3.19. The molecular formula is C20H23N3. The molecule has 4 rings (SSSR count). The van der Waals surface area contributed by atoms with E-state index in [1.807, 2.05) is 0 Å². The number of piperidine rings is 1. The summed E-state index contributed by atoms with van der Waals surface area (Å²) < 4.78 is 2.41. The van der Waals surface area contributed by atoms with Gasteiger partial charge in [-0.2, -0.15) is 0 Å². The number of imidazole rings is 1. The summed E-state index contributed by atoms with van der Waals surface area (Å²) in [5, 5.41) is 3.45. The lowest BCUT2D eigenvalue weighted by molar-refractivity contribution is 0.364. The lowest BCUT2D eigenvalue weighted by Gasteiger charge is -2.22. The number of benzene rings is 2. The van der Waals surface area contributed by atoms with Crippen LogP contribution in [0.3, 0.4) is 0 Å². The van der Waals surface area contributed by atoms with Gasteiger partial charge in [0.25, 0.3) is 0 Å². The lowest BCUT2D eigenvalue weighted by atomic mass is 9.94. The van der Waals surface area contributed by atoms with E-state index in [-0.39, 0.29) is 0 Å². The van der Waals surface area contributed by atoms with Crippen LogP contribution in [0.2, 0.25) is 0 Å².